The summed E-state index contributed by atoms with van der Waals surface area (Å²) in [5.74, 6) is -1.39. The highest BCUT2D eigenvalue weighted by atomic mass is 19.2. The van der Waals surface area contributed by atoms with Crippen molar-refractivity contribution in [1.82, 2.24) is 9.78 Å². The maximum Gasteiger partial charge on any atom is 0.276 e. The summed E-state index contributed by atoms with van der Waals surface area (Å²) < 4.78 is 33.8. The van der Waals surface area contributed by atoms with Gasteiger partial charge in [0.2, 0.25) is 0 Å². The summed E-state index contributed by atoms with van der Waals surface area (Å²) in [7, 11) is 1.63. The fourth-order valence-corrected chi connectivity index (χ4v) is 3.78. The van der Waals surface area contributed by atoms with E-state index in [4.69, 9.17) is 4.74 Å². The zero-order chi connectivity index (χ0) is 22.0. The number of anilines is 2. The molecule has 3 aromatic rings. The molecule has 0 bridgehead atoms. The number of hydrogen-bond acceptors (Lipinski definition) is 4. The molecule has 0 aliphatic carbocycles. The predicted molar refractivity (Wildman–Crippen MR) is 115 cm³/mol. The van der Waals surface area contributed by atoms with Gasteiger partial charge in [-0.05, 0) is 48.9 Å². The number of methoxy groups -OCH3 is 1. The van der Waals surface area contributed by atoms with Gasteiger partial charge in [0, 0.05) is 30.5 Å². The second kappa shape index (κ2) is 8.75. The Balaban J connectivity index is 1.55. The number of benzene rings is 2. The van der Waals surface area contributed by atoms with E-state index in [0.29, 0.717) is 31.0 Å². The van der Waals surface area contributed by atoms with Crippen LogP contribution in [0.2, 0.25) is 0 Å². The largest absolute Gasteiger partial charge is 0.497 e. The van der Waals surface area contributed by atoms with E-state index in [1.165, 1.54) is 11.0 Å². The molecule has 31 heavy (non-hydrogen) atoms. The summed E-state index contributed by atoms with van der Waals surface area (Å²) in [4.78, 5) is 16.7. The average molecular weight is 426 g/mol. The number of amides is 1. The lowest BCUT2D eigenvalue weighted by molar-refractivity contribution is 0.0962. The van der Waals surface area contributed by atoms with Crippen LogP contribution < -0.4 is 14.5 Å². The quantitative estimate of drug-likeness (QED) is 0.567. The van der Waals surface area contributed by atoms with Crippen LogP contribution in [0.1, 0.15) is 29.5 Å². The van der Waals surface area contributed by atoms with Crippen LogP contribution in [0.3, 0.4) is 0 Å². The van der Waals surface area contributed by atoms with Crippen LogP contribution in [0.4, 0.5) is 20.2 Å². The minimum absolute atomic E-state index is 0.275. The van der Waals surface area contributed by atoms with E-state index in [-0.39, 0.29) is 5.91 Å². The number of carbonyl (C=O) groups is 1. The third kappa shape index (κ3) is 4.23. The molecule has 0 radical (unpaired) electrons. The average Bonchev–Trinajstić information content (AvgIpc) is 3.19. The van der Waals surface area contributed by atoms with Crippen LogP contribution >= 0.6 is 0 Å². The molecule has 4 rings (SSSR count). The van der Waals surface area contributed by atoms with Crippen LogP contribution in [-0.4, -0.2) is 35.9 Å². The van der Waals surface area contributed by atoms with Crippen molar-refractivity contribution in [3.63, 3.8) is 0 Å². The molecule has 1 aliphatic heterocycles. The fourth-order valence-electron chi connectivity index (χ4n) is 3.78. The van der Waals surface area contributed by atoms with Crippen LogP contribution in [0.25, 0.3) is 0 Å². The van der Waals surface area contributed by atoms with Crippen molar-refractivity contribution in [1.29, 1.82) is 0 Å². The van der Waals surface area contributed by atoms with Gasteiger partial charge in [-0.25, -0.2) is 8.78 Å². The van der Waals surface area contributed by atoms with Crippen LogP contribution in [-0.2, 0) is 13.1 Å². The van der Waals surface area contributed by atoms with E-state index >= 15 is 0 Å². The van der Waals surface area contributed by atoms with Gasteiger partial charge in [-0.2, -0.15) is 5.10 Å². The molecule has 0 saturated heterocycles. The second-order valence-electron chi connectivity index (χ2n) is 7.42. The van der Waals surface area contributed by atoms with E-state index in [9.17, 15) is 13.6 Å². The van der Waals surface area contributed by atoms with Gasteiger partial charge in [0.1, 0.15) is 11.4 Å². The van der Waals surface area contributed by atoms with Crippen molar-refractivity contribution >= 4 is 17.3 Å². The Kier molecular flexibility index (Phi) is 5.88. The van der Waals surface area contributed by atoms with Crippen molar-refractivity contribution in [3.8, 4) is 5.75 Å². The molecule has 1 aromatic heterocycles. The van der Waals surface area contributed by atoms with E-state index in [0.717, 1.165) is 42.2 Å². The van der Waals surface area contributed by atoms with Crippen molar-refractivity contribution < 1.29 is 18.3 Å². The maximum atomic E-state index is 13.6. The van der Waals surface area contributed by atoms with Gasteiger partial charge in [0.15, 0.2) is 11.6 Å². The van der Waals surface area contributed by atoms with Gasteiger partial charge in [-0.15, -0.1) is 0 Å². The van der Waals surface area contributed by atoms with Crippen molar-refractivity contribution in [2.45, 2.75) is 26.4 Å². The lowest BCUT2D eigenvalue weighted by Gasteiger charge is -2.27. The molecule has 2 heterocycles. The molecule has 0 spiro atoms. The Morgan fingerprint density at radius 2 is 1.84 bits per heavy atom. The lowest BCUT2D eigenvalue weighted by Crippen LogP contribution is -2.40. The summed E-state index contributed by atoms with van der Waals surface area (Å²) in [6.07, 6.45) is 0.961. The van der Waals surface area contributed by atoms with Gasteiger partial charge in [-0.3, -0.25) is 9.48 Å². The molecule has 2 aromatic carbocycles. The molecule has 0 unspecified atom stereocenters. The second-order valence-corrected chi connectivity index (χ2v) is 7.42. The monoisotopic (exact) mass is 426 g/mol. The molecule has 8 heteroatoms. The molecule has 1 amide bonds. The Labute approximate surface area is 179 Å². The smallest absolute Gasteiger partial charge is 0.276 e. The fraction of sp³-hybridized carbons (Fsp3) is 0.304. The minimum atomic E-state index is -0.972. The number of aromatic nitrogens is 2. The third-order valence-corrected chi connectivity index (χ3v) is 5.33. The molecule has 0 atom stereocenters. The Morgan fingerprint density at radius 3 is 2.52 bits per heavy atom. The van der Waals surface area contributed by atoms with Crippen molar-refractivity contribution in [2.24, 2.45) is 0 Å². The summed E-state index contributed by atoms with van der Waals surface area (Å²) in [5, 5.41) is 4.61. The molecular weight excluding hydrogens is 402 g/mol. The molecule has 162 valence electrons. The lowest BCUT2D eigenvalue weighted by atomic mass is 10.2. The highest BCUT2D eigenvalue weighted by Gasteiger charge is 2.28. The number of nitrogens with zero attached hydrogens (tertiary/aromatic N) is 4. The zero-order valence-corrected chi connectivity index (χ0v) is 17.5. The first-order chi connectivity index (χ1) is 15.0. The molecule has 6 nitrogen and oxygen atoms in total. The number of carbonyl (C=O) groups excluding carboxylic acids is 1. The third-order valence-electron chi connectivity index (χ3n) is 5.33. The topological polar surface area (TPSA) is 50.6 Å². The number of ether oxygens (including phenoxy) is 1. The molecule has 0 saturated carbocycles. The van der Waals surface area contributed by atoms with Crippen LogP contribution in [0.5, 0.6) is 5.75 Å². The first kappa shape index (κ1) is 20.8. The van der Waals surface area contributed by atoms with E-state index in [2.05, 4.69) is 16.9 Å². The van der Waals surface area contributed by atoms with Gasteiger partial charge < -0.3 is 14.5 Å². The Morgan fingerprint density at radius 1 is 1.06 bits per heavy atom. The van der Waals surface area contributed by atoms with E-state index in [1.807, 2.05) is 24.3 Å². The zero-order valence-electron chi connectivity index (χ0n) is 17.5. The summed E-state index contributed by atoms with van der Waals surface area (Å²) in [6.45, 7) is 4.32. The first-order valence-corrected chi connectivity index (χ1v) is 10.2. The maximum absolute atomic E-state index is 13.6. The Bertz CT molecular complexity index is 1080. The van der Waals surface area contributed by atoms with Gasteiger partial charge in [-0.1, -0.05) is 6.92 Å². The Hall–Kier alpha value is -3.42. The van der Waals surface area contributed by atoms with Gasteiger partial charge in [0.25, 0.3) is 5.91 Å². The van der Waals surface area contributed by atoms with Crippen LogP contribution in [0, 0.1) is 11.6 Å². The summed E-state index contributed by atoms with van der Waals surface area (Å²) >= 11 is 0. The van der Waals surface area contributed by atoms with Crippen molar-refractivity contribution in [3.05, 3.63) is 71.6 Å². The SMILES string of the molecule is CCCN(Cc1cc2n(n1)CCN(c1ccc(F)c(F)c1)C2=O)c1ccc(OC)cc1. The molecule has 0 N–H and O–H groups in total. The van der Waals surface area contributed by atoms with E-state index in [1.54, 1.807) is 17.9 Å². The van der Waals surface area contributed by atoms with Crippen molar-refractivity contribution in [2.75, 3.05) is 30.0 Å². The van der Waals surface area contributed by atoms with Gasteiger partial charge in [0.05, 0.1) is 25.9 Å². The number of hydrogen-bond donors (Lipinski definition) is 0. The molecular formula is C23H24F2N4O2. The standard InChI is InChI=1S/C23H24F2N4O2/c1-3-10-27(17-4-7-19(31-2)8-5-17)15-16-13-22-23(30)28(11-12-29(22)26-16)18-6-9-20(24)21(25)14-18/h4-9,13-14H,3,10-12,15H2,1-2H3. The highest BCUT2D eigenvalue weighted by molar-refractivity contribution is 6.05. The number of rotatable bonds is 7. The summed E-state index contributed by atoms with van der Waals surface area (Å²) in [5.41, 5.74) is 2.60. The number of halogens is 2. The normalized spacial score (nSPS) is 13.3. The minimum Gasteiger partial charge on any atom is -0.497 e. The molecule has 0 fully saturated rings. The van der Waals surface area contributed by atoms with Gasteiger partial charge >= 0.3 is 0 Å². The highest BCUT2D eigenvalue weighted by Crippen LogP contribution is 2.25. The molecule has 1 aliphatic rings. The number of fused-ring (bicyclic) bond motifs is 1. The van der Waals surface area contributed by atoms with E-state index < -0.39 is 11.6 Å². The summed E-state index contributed by atoms with van der Waals surface area (Å²) in [6, 6.07) is 13.1. The van der Waals surface area contributed by atoms with Crippen LogP contribution in [0.15, 0.2) is 48.5 Å². The predicted octanol–water partition coefficient (Wildman–Crippen LogP) is 4.25. The first-order valence-electron chi connectivity index (χ1n) is 10.2.